The number of rotatable bonds is 5. The van der Waals surface area contributed by atoms with Gasteiger partial charge in [0.25, 0.3) is 0 Å². The van der Waals surface area contributed by atoms with Gasteiger partial charge >= 0.3 is 0 Å². The Hall–Kier alpha value is -0.910. The van der Waals surface area contributed by atoms with Gasteiger partial charge in [-0.05, 0) is 12.5 Å². The molecule has 3 N–H and O–H groups in total. The lowest BCUT2D eigenvalue weighted by atomic mass is 9.99. The Balaban J connectivity index is 2.42. The van der Waals surface area contributed by atoms with Gasteiger partial charge in [0.05, 0.1) is 11.9 Å². The molecule has 0 amide bonds. The van der Waals surface area contributed by atoms with Crippen LogP contribution in [0, 0.1) is 12.3 Å². The molecule has 0 radical (unpaired) electrons. The molecule has 1 aromatic carbocycles. The van der Waals surface area contributed by atoms with Gasteiger partial charge in [0.1, 0.15) is 0 Å². The topological polar surface area (TPSA) is 80.4 Å². The smallest absolute Gasteiger partial charge is 0.154 e. The summed E-state index contributed by atoms with van der Waals surface area (Å²) in [6.07, 6.45) is 0. The van der Waals surface area contributed by atoms with Gasteiger partial charge in [-0.3, -0.25) is 0 Å². The Kier molecular flexibility index (Phi) is 3.73. The Morgan fingerprint density at radius 2 is 1.89 bits per heavy atom. The Bertz CT molecular complexity index is 547. The molecule has 3 atom stereocenters. The number of sulfone groups is 1. The number of aliphatic hydroxyl groups is 1. The van der Waals surface area contributed by atoms with Crippen LogP contribution in [0.25, 0.3) is 0 Å². The Morgan fingerprint density at radius 1 is 1.32 bits per heavy atom. The van der Waals surface area contributed by atoms with Gasteiger partial charge in [-0.25, -0.2) is 8.42 Å². The number of hydrogen-bond acceptors (Lipinski definition) is 4. The fourth-order valence-electron chi connectivity index (χ4n) is 2.97. The van der Waals surface area contributed by atoms with Crippen LogP contribution in [0.5, 0.6) is 0 Å². The average Bonchev–Trinajstić information content (AvgIpc) is 3.10. The van der Waals surface area contributed by atoms with Gasteiger partial charge in [-0.2, -0.15) is 0 Å². The molecule has 0 saturated heterocycles. The molecule has 4 nitrogen and oxygen atoms in total. The molecular formula is C14H21NO3S. The Labute approximate surface area is 114 Å². The predicted octanol–water partition coefficient (Wildman–Crippen LogP) is 0.833. The molecule has 0 spiro atoms. The van der Waals surface area contributed by atoms with Gasteiger partial charge < -0.3 is 10.8 Å². The van der Waals surface area contributed by atoms with E-state index in [4.69, 9.17) is 5.73 Å². The summed E-state index contributed by atoms with van der Waals surface area (Å²) in [5.74, 6) is -0.102. The summed E-state index contributed by atoms with van der Waals surface area (Å²) in [6, 6.07) is 7.79. The van der Waals surface area contributed by atoms with Crippen molar-refractivity contribution in [2.75, 3.05) is 18.9 Å². The highest BCUT2D eigenvalue weighted by atomic mass is 32.2. The predicted molar refractivity (Wildman–Crippen MR) is 75.7 cm³/mol. The molecule has 3 unspecified atom stereocenters. The average molecular weight is 283 g/mol. The van der Waals surface area contributed by atoms with Crippen molar-refractivity contribution in [2.45, 2.75) is 25.0 Å². The first kappa shape index (κ1) is 14.5. The Morgan fingerprint density at radius 3 is 2.32 bits per heavy atom. The molecule has 0 aliphatic heterocycles. The molecule has 19 heavy (non-hydrogen) atoms. The molecule has 1 aromatic rings. The van der Waals surface area contributed by atoms with E-state index in [0.29, 0.717) is 0 Å². The molecule has 1 saturated carbocycles. The maximum Gasteiger partial charge on any atom is 0.154 e. The molecule has 2 rings (SSSR count). The normalized spacial score (nSPS) is 30.3. The number of aryl methyl sites for hydroxylation is 1. The zero-order valence-electron chi connectivity index (χ0n) is 11.3. The van der Waals surface area contributed by atoms with E-state index >= 15 is 0 Å². The summed E-state index contributed by atoms with van der Waals surface area (Å²) in [6.45, 7) is 3.62. The number of hydrogen-bond donors (Lipinski definition) is 2. The second-order valence-electron chi connectivity index (χ2n) is 5.36. The lowest BCUT2D eigenvalue weighted by Gasteiger charge is -2.11. The van der Waals surface area contributed by atoms with E-state index in [1.807, 2.05) is 31.2 Å². The molecule has 5 heteroatoms. The molecule has 0 bridgehead atoms. The standard InChI is InChI=1S/C14H21NO3S/c1-3-19(17,18)13-12(14(13,8-15)9-16)11-6-4-10(2)5-7-11/h4-7,12-13,16H,3,8-9,15H2,1-2H3. The van der Waals surface area contributed by atoms with Gasteiger partial charge in [-0.15, -0.1) is 0 Å². The summed E-state index contributed by atoms with van der Waals surface area (Å²) >= 11 is 0. The quantitative estimate of drug-likeness (QED) is 0.839. The third-order valence-corrected chi connectivity index (χ3v) is 6.60. The summed E-state index contributed by atoms with van der Waals surface area (Å²) in [7, 11) is -3.20. The zero-order valence-corrected chi connectivity index (χ0v) is 12.2. The van der Waals surface area contributed by atoms with E-state index in [1.165, 1.54) is 0 Å². The number of nitrogens with two attached hydrogens (primary N) is 1. The minimum atomic E-state index is -3.20. The van der Waals surface area contributed by atoms with Crippen LogP contribution >= 0.6 is 0 Å². The van der Waals surface area contributed by atoms with Crippen LogP contribution in [0.4, 0.5) is 0 Å². The molecule has 0 heterocycles. The van der Waals surface area contributed by atoms with Crippen molar-refractivity contribution >= 4 is 9.84 Å². The van der Waals surface area contributed by atoms with Crippen molar-refractivity contribution in [3.63, 3.8) is 0 Å². The molecule has 1 aliphatic rings. The fourth-order valence-corrected chi connectivity index (χ4v) is 5.13. The van der Waals surface area contributed by atoms with E-state index in [2.05, 4.69) is 0 Å². The highest BCUT2D eigenvalue weighted by Crippen LogP contribution is 2.62. The van der Waals surface area contributed by atoms with Gasteiger partial charge in [0, 0.05) is 23.6 Å². The summed E-state index contributed by atoms with van der Waals surface area (Å²) in [5, 5.41) is 9.07. The van der Waals surface area contributed by atoms with Crippen molar-refractivity contribution in [1.29, 1.82) is 0 Å². The third kappa shape index (κ3) is 2.20. The van der Waals surface area contributed by atoms with E-state index in [1.54, 1.807) is 6.92 Å². The van der Waals surface area contributed by atoms with Gasteiger partial charge in [0.2, 0.25) is 0 Å². The van der Waals surface area contributed by atoms with E-state index in [-0.39, 0.29) is 24.8 Å². The first-order valence-electron chi connectivity index (χ1n) is 6.52. The highest BCUT2D eigenvalue weighted by Gasteiger charge is 2.69. The molecular weight excluding hydrogens is 262 g/mol. The zero-order chi connectivity index (χ0) is 14.3. The number of benzene rings is 1. The van der Waals surface area contributed by atoms with E-state index in [9.17, 15) is 13.5 Å². The largest absolute Gasteiger partial charge is 0.396 e. The molecule has 106 valence electrons. The van der Waals surface area contributed by atoms with E-state index in [0.717, 1.165) is 11.1 Å². The monoisotopic (exact) mass is 283 g/mol. The van der Waals surface area contributed by atoms with Crippen molar-refractivity contribution < 1.29 is 13.5 Å². The SMILES string of the molecule is CCS(=O)(=O)C1C(c2ccc(C)cc2)C1(CN)CO. The van der Waals surface area contributed by atoms with Crippen LogP contribution < -0.4 is 5.73 Å². The lowest BCUT2D eigenvalue weighted by Crippen LogP contribution is -2.28. The maximum absolute atomic E-state index is 12.2. The van der Waals surface area contributed by atoms with Crippen molar-refractivity contribution in [1.82, 2.24) is 0 Å². The first-order chi connectivity index (χ1) is 8.93. The fraction of sp³-hybridized carbons (Fsp3) is 0.571. The van der Waals surface area contributed by atoms with Crippen LogP contribution in [0.1, 0.15) is 24.0 Å². The summed E-state index contributed by atoms with van der Waals surface area (Å²) in [5.41, 5.74) is 7.13. The number of aliphatic hydroxyl groups excluding tert-OH is 1. The maximum atomic E-state index is 12.2. The van der Waals surface area contributed by atoms with Crippen LogP contribution in [0.3, 0.4) is 0 Å². The van der Waals surface area contributed by atoms with Crippen LogP contribution in [0.2, 0.25) is 0 Å². The second-order valence-corrected chi connectivity index (χ2v) is 7.77. The summed E-state index contributed by atoms with van der Waals surface area (Å²) < 4.78 is 24.4. The third-order valence-electron chi connectivity index (χ3n) is 4.28. The summed E-state index contributed by atoms with van der Waals surface area (Å²) in [4.78, 5) is 0. The molecule has 1 aliphatic carbocycles. The van der Waals surface area contributed by atoms with Crippen LogP contribution in [-0.2, 0) is 9.84 Å². The highest BCUT2D eigenvalue weighted by molar-refractivity contribution is 7.92. The van der Waals surface area contributed by atoms with Crippen LogP contribution in [-0.4, -0.2) is 37.7 Å². The first-order valence-corrected chi connectivity index (χ1v) is 8.23. The minimum Gasteiger partial charge on any atom is -0.396 e. The molecule has 1 fully saturated rings. The second kappa shape index (κ2) is 4.89. The van der Waals surface area contributed by atoms with Gasteiger partial charge in [0.15, 0.2) is 9.84 Å². The van der Waals surface area contributed by atoms with Crippen LogP contribution in [0.15, 0.2) is 24.3 Å². The lowest BCUT2D eigenvalue weighted by molar-refractivity contribution is 0.212. The molecule has 0 aromatic heterocycles. The van der Waals surface area contributed by atoms with E-state index < -0.39 is 20.5 Å². The van der Waals surface area contributed by atoms with Gasteiger partial charge in [-0.1, -0.05) is 36.8 Å². The van der Waals surface area contributed by atoms with Crippen molar-refractivity contribution in [3.8, 4) is 0 Å². The van der Waals surface area contributed by atoms with Crippen molar-refractivity contribution in [2.24, 2.45) is 11.1 Å². The minimum absolute atomic E-state index is 0.0851. The van der Waals surface area contributed by atoms with Crippen molar-refractivity contribution in [3.05, 3.63) is 35.4 Å².